The lowest BCUT2D eigenvalue weighted by molar-refractivity contribution is -0.121. The molecule has 0 radical (unpaired) electrons. The van der Waals surface area contributed by atoms with Gasteiger partial charge in [0.2, 0.25) is 15.9 Å². The second-order valence-corrected chi connectivity index (χ2v) is 7.60. The van der Waals surface area contributed by atoms with Crippen LogP contribution in [0.3, 0.4) is 0 Å². The summed E-state index contributed by atoms with van der Waals surface area (Å²) < 4.78 is 56.9. The maximum atomic E-state index is 13.9. The summed E-state index contributed by atoms with van der Waals surface area (Å²) in [6.07, 6.45) is 0.990. The number of hydrogen-bond acceptors (Lipinski definition) is 4. The van der Waals surface area contributed by atoms with Crippen LogP contribution >= 0.6 is 0 Å². The standard InChI is InChI=1S/C18H20F2N2O4S/c1-27(24,25)22(17-8-7-14(19)13-16(17)20)11-10-21-18(23)9-12-26-15-5-3-2-4-6-15/h2-8,13H,9-12H2,1H3,(H,21,23). The highest BCUT2D eigenvalue weighted by atomic mass is 32.2. The average molecular weight is 398 g/mol. The van der Waals surface area contributed by atoms with Crippen LogP contribution in [-0.4, -0.2) is 40.3 Å². The van der Waals surface area contributed by atoms with Crippen molar-refractivity contribution in [2.24, 2.45) is 0 Å². The Morgan fingerprint density at radius 1 is 1.15 bits per heavy atom. The minimum absolute atomic E-state index is 0.0337. The first kappa shape index (κ1) is 20.6. The summed E-state index contributed by atoms with van der Waals surface area (Å²) in [4.78, 5) is 11.8. The van der Waals surface area contributed by atoms with Gasteiger partial charge in [0.1, 0.15) is 17.4 Å². The molecule has 2 aromatic carbocycles. The molecule has 0 fully saturated rings. The van der Waals surface area contributed by atoms with E-state index in [0.717, 1.165) is 22.7 Å². The van der Waals surface area contributed by atoms with Crippen LogP contribution in [0.2, 0.25) is 0 Å². The van der Waals surface area contributed by atoms with E-state index in [-0.39, 0.29) is 37.7 Å². The molecule has 0 spiro atoms. The van der Waals surface area contributed by atoms with Crippen LogP contribution in [0.5, 0.6) is 5.75 Å². The molecule has 0 saturated carbocycles. The van der Waals surface area contributed by atoms with E-state index < -0.39 is 21.7 Å². The number of benzene rings is 2. The largest absolute Gasteiger partial charge is 0.493 e. The number of anilines is 1. The molecular weight excluding hydrogens is 378 g/mol. The molecule has 9 heteroatoms. The van der Waals surface area contributed by atoms with E-state index in [2.05, 4.69) is 5.32 Å². The van der Waals surface area contributed by atoms with Gasteiger partial charge >= 0.3 is 0 Å². The first-order valence-corrected chi connectivity index (χ1v) is 9.99. The predicted octanol–water partition coefficient (Wildman–Crippen LogP) is 2.32. The molecule has 0 unspecified atom stereocenters. The summed E-state index contributed by atoms with van der Waals surface area (Å²) in [7, 11) is -3.81. The Bertz CT molecular complexity index is 876. The molecule has 1 N–H and O–H groups in total. The Morgan fingerprint density at radius 3 is 2.48 bits per heavy atom. The third-order valence-electron chi connectivity index (χ3n) is 3.56. The van der Waals surface area contributed by atoms with Crippen molar-refractivity contribution < 1.29 is 26.7 Å². The second-order valence-electron chi connectivity index (χ2n) is 5.69. The lowest BCUT2D eigenvalue weighted by Gasteiger charge is -2.23. The smallest absolute Gasteiger partial charge is 0.232 e. The van der Waals surface area contributed by atoms with Crippen molar-refractivity contribution in [3.8, 4) is 5.75 Å². The number of para-hydroxylation sites is 1. The third kappa shape index (κ3) is 6.52. The Hall–Kier alpha value is -2.68. The Balaban J connectivity index is 1.85. The summed E-state index contributed by atoms with van der Waals surface area (Å²) in [6.45, 7) is -0.0566. The number of sulfonamides is 1. The van der Waals surface area contributed by atoms with Gasteiger partial charge in [-0.15, -0.1) is 0 Å². The SMILES string of the molecule is CS(=O)(=O)N(CCNC(=O)CCOc1ccccc1)c1ccc(F)cc1F. The van der Waals surface area contributed by atoms with E-state index in [9.17, 15) is 22.0 Å². The van der Waals surface area contributed by atoms with Crippen molar-refractivity contribution in [2.45, 2.75) is 6.42 Å². The van der Waals surface area contributed by atoms with Gasteiger partial charge in [-0.25, -0.2) is 17.2 Å². The number of ether oxygens (including phenoxy) is 1. The molecular formula is C18H20F2N2O4S. The number of carbonyl (C=O) groups excluding carboxylic acids is 1. The zero-order chi connectivity index (χ0) is 19.9. The molecule has 0 saturated heterocycles. The topological polar surface area (TPSA) is 75.7 Å². The van der Waals surface area contributed by atoms with E-state index >= 15 is 0 Å². The van der Waals surface area contributed by atoms with Crippen LogP contribution in [0.1, 0.15) is 6.42 Å². The lowest BCUT2D eigenvalue weighted by atomic mass is 10.3. The van der Waals surface area contributed by atoms with Crippen molar-refractivity contribution in [1.29, 1.82) is 0 Å². The molecule has 0 aromatic heterocycles. The van der Waals surface area contributed by atoms with E-state index in [1.807, 2.05) is 18.2 Å². The van der Waals surface area contributed by atoms with Gasteiger partial charge < -0.3 is 10.1 Å². The van der Waals surface area contributed by atoms with E-state index in [4.69, 9.17) is 4.74 Å². The van der Waals surface area contributed by atoms with Crippen molar-refractivity contribution in [2.75, 3.05) is 30.3 Å². The first-order chi connectivity index (χ1) is 12.8. The average Bonchev–Trinajstić information content (AvgIpc) is 2.59. The highest BCUT2D eigenvalue weighted by Gasteiger charge is 2.21. The molecule has 2 aromatic rings. The number of hydrogen-bond donors (Lipinski definition) is 1. The summed E-state index contributed by atoms with van der Waals surface area (Å²) in [5.41, 5.74) is -0.277. The van der Waals surface area contributed by atoms with Crippen LogP contribution in [0.4, 0.5) is 14.5 Å². The maximum absolute atomic E-state index is 13.9. The number of rotatable bonds is 9. The number of nitrogens with one attached hydrogen (secondary N) is 1. The van der Waals surface area contributed by atoms with Crippen molar-refractivity contribution >= 4 is 21.6 Å². The highest BCUT2D eigenvalue weighted by Crippen LogP contribution is 2.22. The quantitative estimate of drug-likeness (QED) is 0.703. The third-order valence-corrected chi connectivity index (χ3v) is 4.74. The normalized spacial score (nSPS) is 11.1. The van der Waals surface area contributed by atoms with Crippen LogP contribution in [-0.2, 0) is 14.8 Å². The molecule has 1 amide bonds. The van der Waals surface area contributed by atoms with Gasteiger partial charge in [0.25, 0.3) is 0 Å². The minimum atomic E-state index is -3.81. The van der Waals surface area contributed by atoms with Gasteiger partial charge in [0.05, 0.1) is 31.5 Å². The van der Waals surface area contributed by atoms with Crippen LogP contribution in [0, 0.1) is 11.6 Å². The Labute approximate surface area is 156 Å². The van der Waals surface area contributed by atoms with Crippen LogP contribution in [0.25, 0.3) is 0 Å². The van der Waals surface area contributed by atoms with E-state index in [0.29, 0.717) is 11.8 Å². The highest BCUT2D eigenvalue weighted by molar-refractivity contribution is 7.92. The van der Waals surface area contributed by atoms with Crippen molar-refractivity contribution in [3.63, 3.8) is 0 Å². The monoisotopic (exact) mass is 398 g/mol. The summed E-state index contributed by atoms with van der Waals surface area (Å²) >= 11 is 0. The van der Waals surface area contributed by atoms with E-state index in [1.54, 1.807) is 12.1 Å². The van der Waals surface area contributed by atoms with Gasteiger partial charge in [0.15, 0.2) is 0 Å². The van der Waals surface area contributed by atoms with Gasteiger partial charge in [-0.3, -0.25) is 9.10 Å². The lowest BCUT2D eigenvalue weighted by Crippen LogP contribution is -2.38. The van der Waals surface area contributed by atoms with Gasteiger partial charge in [-0.2, -0.15) is 0 Å². The van der Waals surface area contributed by atoms with Crippen molar-refractivity contribution in [3.05, 3.63) is 60.2 Å². The molecule has 0 aliphatic rings. The molecule has 0 atom stereocenters. The van der Waals surface area contributed by atoms with Crippen LogP contribution in [0.15, 0.2) is 48.5 Å². The first-order valence-electron chi connectivity index (χ1n) is 8.14. The molecule has 0 aliphatic carbocycles. The summed E-state index contributed by atoms with van der Waals surface area (Å²) in [6, 6.07) is 11.6. The number of carbonyl (C=O) groups is 1. The Kier molecular flexibility index (Phi) is 7.12. The molecule has 6 nitrogen and oxygen atoms in total. The Morgan fingerprint density at radius 2 is 1.85 bits per heavy atom. The molecule has 27 heavy (non-hydrogen) atoms. The minimum Gasteiger partial charge on any atom is -0.493 e. The second kappa shape index (κ2) is 9.31. The van der Waals surface area contributed by atoms with E-state index in [1.165, 1.54) is 0 Å². The fraction of sp³-hybridized carbons (Fsp3) is 0.278. The zero-order valence-electron chi connectivity index (χ0n) is 14.7. The molecule has 0 aliphatic heterocycles. The van der Waals surface area contributed by atoms with Gasteiger partial charge in [-0.1, -0.05) is 18.2 Å². The number of amides is 1. The van der Waals surface area contributed by atoms with Crippen molar-refractivity contribution in [1.82, 2.24) is 5.32 Å². The molecule has 146 valence electrons. The fourth-order valence-electron chi connectivity index (χ4n) is 2.31. The number of halogens is 2. The molecule has 2 rings (SSSR count). The van der Waals surface area contributed by atoms with Gasteiger partial charge in [-0.05, 0) is 24.3 Å². The molecule has 0 bridgehead atoms. The van der Waals surface area contributed by atoms with Gasteiger partial charge in [0, 0.05) is 12.6 Å². The fourth-order valence-corrected chi connectivity index (χ4v) is 3.24. The summed E-state index contributed by atoms with van der Waals surface area (Å²) in [5.74, 6) is -1.50. The maximum Gasteiger partial charge on any atom is 0.232 e. The predicted molar refractivity (Wildman–Crippen MR) is 98.1 cm³/mol. The van der Waals surface area contributed by atoms with Crippen LogP contribution < -0.4 is 14.4 Å². The zero-order valence-corrected chi connectivity index (χ0v) is 15.5. The summed E-state index contributed by atoms with van der Waals surface area (Å²) in [5, 5.41) is 2.55. The molecule has 0 heterocycles. The number of nitrogens with zero attached hydrogens (tertiary/aromatic N) is 1.